The summed E-state index contributed by atoms with van der Waals surface area (Å²) in [7, 11) is 1.32. The van der Waals surface area contributed by atoms with E-state index in [4.69, 9.17) is 0 Å². The van der Waals surface area contributed by atoms with E-state index < -0.39 is 5.97 Å². The summed E-state index contributed by atoms with van der Waals surface area (Å²) in [4.78, 5) is 41.5. The van der Waals surface area contributed by atoms with Crippen LogP contribution in [0.25, 0.3) is 0 Å². The molecule has 0 saturated heterocycles. The lowest BCUT2D eigenvalue weighted by Crippen LogP contribution is -2.25. The van der Waals surface area contributed by atoms with Crippen molar-refractivity contribution in [3.63, 3.8) is 0 Å². The van der Waals surface area contributed by atoms with E-state index >= 15 is 0 Å². The molecule has 2 aromatic rings. The molecule has 0 bridgehead atoms. The van der Waals surface area contributed by atoms with Gasteiger partial charge in [0, 0.05) is 24.4 Å². The summed E-state index contributed by atoms with van der Waals surface area (Å²) in [6.45, 7) is 2.40. The van der Waals surface area contributed by atoms with Gasteiger partial charge in [-0.2, -0.15) is 0 Å². The third kappa shape index (κ3) is 4.36. The fraction of sp³-hybridized carbons (Fsp3) is 0.333. The molecule has 9 heteroatoms. The van der Waals surface area contributed by atoms with Gasteiger partial charge in [0.25, 0.3) is 5.56 Å². The van der Waals surface area contributed by atoms with Crippen LogP contribution in [-0.2, 0) is 22.5 Å². The number of benzene rings is 1. The number of esters is 1. The number of hydrogen-bond donors (Lipinski definition) is 1. The molecule has 0 atom stereocenters. The van der Waals surface area contributed by atoms with Gasteiger partial charge in [-0.3, -0.25) is 14.2 Å². The number of aryl methyl sites for hydroxylation is 1. The van der Waals surface area contributed by atoms with E-state index in [-0.39, 0.29) is 17.2 Å². The van der Waals surface area contributed by atoms with Gasteiger partial charge in [-0.1, -0.05) is 11.8 Å². The minimum Gasteiger partial charge on any atom is -0.465 e. The Bertz CT molecular complexity index is 925. The number of aromatic nitrogens is 2. The van der Waals surface area contributed by atoms with Crippen molar-refractivity contribution in [2.24, 2.45) is 0 Å². The standard InChI is InChI=1S/C18H19N3O4S2/c1-3-21-16(23)15-13(8-9-26-15)20-18(21)27-10-14(22)19-12-6-4-11(5-7-12)17(24)25-2/h4-7H,3,8-10H2,1-2H3,(H,19,22). The van der Waals surface area contributed by atoms with Gasteiger partial charge >= 0.3 is 5.97 Å². The Morgan fingerprint density at radius 2 is 2.07 bits per heavy atom. The first kappa shape index (κ1) is 19.5. The highest BCUT2D eigenvalue weighted by Crippen LogP contribution is 2.28. The minimum absolute atomic E-state index is 0.0219. The molecular weight excluding hydrogens is 386 g/mol. The van der Waals surface area contributed by atoms with E-state index in [1.54, 1.807) is 40.6 Å². The average Bonchev–Trinajstić information content (AvgIpc) is 3.15. The first-order valence-corrected chi connectivity index (χ1v) is 10.4. The van der Waals surface area contributed by atoms with Crippen LogP contribution in [0.5, 0.6) is 0 Å². The summed E-state index contributed by atoms with van der Waals surface area (Å²) in [5.74, 6) is 0.369. The fourth-order valence-electron chi connectivity index (χ4n) is 2.65. The van der Waals surface area contributed by atoms with Crippen molar-refractivity contribution in [3.8, 4) is 0 Å². The van der Waals surface area contributed by atoms with Crippen LogP contribution in [0.2, 0.25) is 0 Å². The van der Waals surface area contributed by atoms with Crippen LogP contribution in [0.4, 0.5) is 5.69 Å². The molecule has 0 radical (unpaired) electrons. The quantitative estimate of drug-likeness (QED) is 0.448. The summed E-state index contributed by atoms with van der Waals surface area (Å²) in [6, 6.07) is 6.45. The Morgan fingerprint density at radius 1 is 1.33 bits per heavy atom. The topological polar surface area (TPSA) is 90.3 Å². The third-order valence-corrected chi connectivity index (χ3v) is 6.07. The third-order valence-electron chi connectivity index (χ3n) is 3.99. The predicted molar refractivity (Wildman–Crippen MR) is 106 cm³/mol. The van der Waals surface area contributed by atoms with E-state index in [0.29, 0.717) is 23.0 Å². The van der Waals surface area contributed by atoms with Gasteiger partial charge in [0.2, 0.25) is 5.91 Å². The lowest BCUT2D eigenvalue weighted by Gasteiger charge is -2.11. The molecule has 1 aliphatic heterocycles. The summed E-state index contributed by atoms with van der Waals surface area (Å²) < 4.78 is 6.25. The maximum Gasteiger partial charge on any atom is 0.337 e. The molecule has 1 amide bonds. The number of carbonyl (C=O) groups is 2. The van der Waals surface area contributed by atoms with E-state index in [0.717, 1.165) is 22.8 Å². The highest BCUT2D eigenvalue weighted by molar-refractivity contribution is 8.00. The molecule has 0 aliphatic carbocycles. The zero-order chi connectivity index (χ0) is 19.4. The van der Waals surface area contributed by atoms with Gasteiger partial charge in [-0.05, 0) is 31.2 Å². The lowest BCUT2D eigenvalue weighted by molar-refractivity contribution is -0.113. The second kappa shape index (κ2) is 8.62. The van der Waals surface area contributed by atoms with Gasteiger partial charge in [-0.15, -0.1) is 11.8 Å². The van der Waals surface area contributed by atoms with Crippen LogP contribution in [0, 0.1) is 0 Å². The van der Waals surface area contributed by atoms with Gasteiger partial charge in [-0.25, -0.2) is 9.78 Å². The molecule has 1 aromatic carbocycles. The number of hydrogen-bond acceptors (Lipinski definition) is 7. The van der Waals surface area contributed by atoms with Gasteiger partial charge < -0.3 is 10.1 Å². The highest BCUT2D eigenvalue weighted by Gasteiger charge is 2.21. The molecule has 27 heavy (non-hydrogen) atoms. The molecule has 2 heterocycles. The SMILES string of the molecule is CCn1c(SCC(=O)Nc2ccc(C(=O)OC)cc2)nc2c(c1=O)SCC2. The van der Waals surface area contributed by atoms with Crippen molar-refractivity contribution in [1.29, 1.82) is 0 Å². The van der Waals surface area contributed by atoms with Crippen molar-refractivity contribution in [2.45, 2.75) is 29.9 Å². The fourth-order valence-corrected chi connectivity index (χ4v) is 4.57. The number of nitrogens with one attached hydrogen (secondary N) is 1. The van der Waals surface area contributed by atoms with Crippen LogP contribution in [0.1, 0.15) is 23.0 Å². The van der Waals surface area contributed by atoms with Crippen molar-refractivity contribution in [2.75, 3.05) is 23.9 Å². The second-order valence-corrected chi connectivity index (χ2v) is 7.77. The van der Waals surface area contributed by atoms with Gasteiger partial charge in [0.1, 0.15) is 0 Å². The number of anilines is 1. The smallest absolute Gasteiger partial charge is 0.337 e. The molecule has 1 aromatic heterocycles. The second-order valence-electron chi connectivity index (χ2n) is 5.72. The number of rotatable bonds is 6. The summed E-state index contributed by atoms with van der Waals surface area (Å²) >= 11 is 2.79. The number of carbonyl (C=O) groups excluding carboxylic acids is 2. The molecule has 0 spiro atoms. The predicted octanol–water partition coefficient (Wildman–Crippen LogP) is 2.43. The molecule has 1 aliphatic rings. The van der Waals surface area contributed by atoms with Crippen molar-refractivity contribution < 1.29 is 14.3 Å². The van der Waals surface area contributed by atoms with Crippen molar-refractivity contribution in [3.05, 3.63) is 45.9 Å². The van der Waals surface area contributed by atoms with E-state index in [2.05, 4.69) is 15.0 Å². The Balaban J connectivity index is 1.65. The maximum absolute atomic E-state index is 12.5. The monoisotopic (exact) mass is 405 g/mol. The molecule has 0 fully saturated rings. The van der Waals surface area contributed by atoms with Crippen molar-refractivity contribution in [1.82, 2.24) is 9.55 Å². The Labute approximate surface area is 164 Å². The number of ether oxygens (including phenoxy) is 1. The zero-order valence-corrected chi connectivity index (χ0v) is 16.6. The molecule has 0 unspecified atom stereocenters. The molecule has 3 rings (SSSR count). The Kier molecular flexibility index (Phi) is 6.22. The Morgan fingerprint density at radius 3 is 2.74 bits per heavy atom. The van der Waals surface area contributed by atoms with E-state index in [1.807, 2.05) is 6.92 Å². The highest BCUT2D eigenvalue weighted by atomic mass is 32.2. The molecule has 0 saturated carbocycles. The van der Waals surface area contributed by atoms with Gasteiger partial charge in [0.05, 0.1) is 29.0 Å². The summed E-state index contributed by atoms with van der Waals surface area (Å²) in [5.41, 5.74) is 1.80. The Hall–Kier alpha value is -2.26. The molecular formula is C18H19N3O4S2. The zero-order valence-electron chi connectivity index (χ0n) is 15.0. The van der Waals surface area contributed by atoms with E-state index in [9.17, 15) is 14.4 Å². The van der Waals surface area contributed by atoms with Crippen LogP contribution in [0.3, 0.4) is 0 Å². The maximum atomic E-state index is 12.5. The van der Waals surface area contributed by atoms with Crippen LogP contribution in [0.15, 0.2) is 39.1 Å². The van der Waals surface area contributed by atoms with Crippen LogP contribution >= 0.6 is 23.5 Å². The van der Waals surface area contributed by atoms with Crippen LogP contribution in [-0.4, -0.2) is 40.0 Å². The number of amides is 1. The first-order valence-electron chi connectivity index (χ1n) is 8.41. The number of fused-ring (bicyclic) bond motifs is 1. The van der Waals surface area contributed by atoms with Crippen LogP contribution < -0.4 is 10.9 Å². The molecule has 7 nitrogen and oxygen atoms in total. The lowest BCUT2D eigenvalue weighted by atomic mass is 10.2. The first-order chi connectivity index (χ1) is 13.0. The molecule has 1 N–H and O–H groups in total. The van der Waals surface area contributed by atoms with E-state index in [1.165, 1.54) is 18.9 Å². The number of methoxy groups -OCH3 is 1. The average molecular weight is 406 g/mol. The largest absolute Gasteiger partial charge is 0.465 e. The number of nitrogens with zero attached hydrogens (tertiary/aromatic N) is 2. The normalized spacial score (nSPS) is 12.5. The summed E-state index contributed by atoms with van der Waals surface area (Å²) in [6.07, 6.45) is 0.784. The summed E-state index contributed by atoms with van der Waals surface area (Å²) in [5, 5.41) is 3.34. The van der Waals surface area contributed by atoms with Crippen molar-refractivity contribution >= 4 is 41.1 Å². The molecule has 142 valence electrons. The minimum atomic E-state index is -0.429. The van der Waals surface area contributed by atoms with Gasteiger partial charge in [0.15, 0.2) is 5.16 Å². The number of thioether (sulfide) groups is 2.